The van der Waals surface area contributed by atoms with Crippen molar-refractivity contribution in [3.8, 4) is 0 Å². The Hall–Kier alpha value is -0.820. The van der Waals surface area contributed by atoms with E-state index in [1.807, 2.05) is 0 Å². The van der Waals surface area contributed by atoms with Crippen LogP contribution >= 0.6 is 0 Å². The zero-order valence-corrected chi connectivity index (χ0v) is 12.6. The van der Waals surface area contributed by atoms with Crippen molar-refractivity contribution in [2.45, 2.75) is 45.4 Å². The van der Waals surface area contributed by atoms with E-state index in [1.165, 1.54) is 50.6 Å². The molecular formula is C18H29N. The third kappa shape index (κ3) is 4.35. The van der Waals surface area contributed by atoms with E-state index in [0.29, 0.717) is 0 Å². The summed E-state index contributed by atoms with van der Waals surface area (Å²) in [6.07, 6.45) is 8.32. The Morgan fingerprint density at radius 3 is 2.58 bits per heavy atom. The predicted molar refractivity (Wildman–Crippen MR) is 83.3 cm³/mol. The second-order valence-electron chi connectivity index (χ2n) is 6.19. The quantitative estimate of drug-likeness (QED) is 0.804. The predicted octanol–water partition coefficient (Wildman–Crippen LogP) is 4.28. The van der Waals surface area contributed by atoms with Crippen molar-refractivity contribution in [3.63, 3.8) is 0 Å². The van der Waals surface area contributed by atoms with Gasteiger partial charge in [-0.3, -0.25) is 0 Å². The average molecular weight is 259 g/mol. The molecule has 1 aliphatic rings. The molecule has 1 aromatic rings. The maximum absolute atomic E-state index is 3.40. The molecule has 1 N–H and O–H groups in total. The maximum Gasteiger partial charge on any atom is -0.00209 e. The first-order valence-electron chi connectivity index (χ1n) is 8.02. The Kier molecular flexibility index (Phi) is 5.91. The number of hydrogen-bond donors (Lipinski definition) is 1. The van der Waals surface area contributed by atoms with Crippen LogP contribution in [0.15, 0.2) is 30.3 Å². The monoisotopic (exact) mass is 259 g/mol. The molecule has 3 atom stereocenters. The molecule has 3 unspecified atom stereocenters. The molecule has 0 aliphatic heterocycles. The molecule has 0 spiro atoms. The van der Waals surface area contributed by atoms with Crippen molar-refractivity contribution < 1.29 is 0 Å². The van der Waals surface area contributed by atoms with Crippen LogP contribution in [0, 0.1) is 17.8 Å². The van der Waals surface area contributed by atoms with Crippen molar-refractivity contribution in [1.82, 2.24) is 5.32 Å². The van der Waals surface area contributed by atoms with Crippen molar-refractivity contribution >= 4 is 0 Å². The van der Waals surface area contributed by atoms with E-state index < -0.39 is 0 Å². The van der Waals surface area contributed by atoms with Gasteiger partial charge < -0.3 is 5.32 Å². The van der Waals surface area contributed by atoms with Crippen LogP contribution in [0.3, 0.4) is 0 Å². The largest absolute Gasteiger partial charge is 0.319 e. The third-order valence-corrected chi connectivity index (χ3v) is 4.94. The van der Waals surface area contributed by atoms with E-state index in [2.05, 4.69) is 49.6 Å². The molecule has 19 heavy (non-hydrogen) atoms. The summed E-state index contributed by atoms with van der Waals surface area (Å²) in [7, 11) is 2.10. The van der Waals surface area contributed by atoms with Gasteiger partial charge in [0.2, 0.25) is 0 Å². The highest BCUT2D eigenvalue weighted by Gasteiger charge is 2.28. The highest BCUT2D eigenvalue weighted by molar-refractivity contribution is 5.14. The van der Waals surface area contributed by atoms with Crippen LogP contribution in [0.5, 0.6) is 0 Å². The Balaban J connectivity index is 1.89. The highest BCUT2D eigenvalue weighted by Crippen LogP contribution is 2.37. The van der Waals surface area contributed by atoms with Gasteiger partial charge in [-0.05, 0) is 62.6 Å². The Morgan fingerprint density at radius 2 is 1.89 bits per heavy atom. The Labute approximate surface area is 118 Å². The van der Waals surface area contributed by atoms with Crippen LogP contribution in [0.2, 0.25) is 0 Å². The molecule has 1 aliphatic carbocycles. The summed E-state index contributed by atoms with van der Waals surface area (Å²) in [6.45, 7) is 3.56. The first kappa shape index (κ1) is 14.6. The minimum atomic E-state index is 0.900. The van der Waals surface area contributed by atoms with Gasteiger partial charge >= 0.3 is 0 Å². The van der Waals surface area contributed by atoms with E-state index >= 15 is 0 Å². The number of benzene rings is 1. The molecule has 1 nitrogen and oxygen atoms in total. The maximum atomic E-state index is 3.40. The lowest BCUT2D eigenvalue weighted by molar-refractivity contribution is 0.165. The number of rotatable bonds is 6. The van der Waals surface area contributed by atoms with Crippen LogP contribution in [0.1, 0.15) is 44.6 Å². The number of nitrogens with one attached hydrogen (secondary N) is 1. The van der Waals surface area contributed by atoms with Crippen LogP contribution < -0.4 is 5.32 Å². The summed E-state index contributed by atoms with van der Waals surface area (Å²) >= 11 is 0. The lowest BCUT2D eigenvalue weighted by atomic mass is 9.71. The standard InChI is InChI=1S/C18H29N/c1-3-15-9-12-18(14-19-2)17(13-15)11-10-16-7-5-4-6-8-16/h4-8,15,17-19H,3,9-14H2,1-2H3. The molecule has 0 amide bonds. The first-order chi connectivity index (χ1) is 9.33. The fraction of sp³-hybridized carbons (Fsp3) is 0.667. The summed E-state index contributed by atoms with van der Waals surface area (Å²) in [4.78, 5) is 0. The molecule has 106 valence electrons. The molecule has 2 rings (SSSR count). The second kappa shape index (κ2) is 7.69. The topological polar surface area (TPSA) is 12.0 Å². The molecular weight excluding hydrogens is 230 g/mol. The van der Waals surface area contributed by atoms with Crippen LogP contribution in [-0.2, 0) is 6.42 Å². The molecule has 0 bridgehead atoms. The zero-order chi connectivity index (χ0) is 13.5. The van der Waals surface area contributed by atoms with Crippen molar-refractivity contribution in [2.75, 3.05) is 13.6 Å². The molecule has 1 saturated carbocycles. The van der Waals surface area contributed by atoms with E-state index in [1.54, 1.807) is 0 Å². The number of aryl methyl sites for hydroxylation is 1. The molecule has 1 heteroatoms. The van der Waals surface area contributed by atoms with E-state index in [4.69, 9.17) is 0 Å². The van der Waals surface area contributed by atoms with Gasteiger partial charge in [0.25, 0.3) is 0 Å². The summed E-state index contributed by atoms with van der Waals surface area (Å²) in [6, 6.07) is 11.0. The third-order valence-electron chi connectivity index (χ3n) is 4.94. The van der Waals surface area contributed by atoms with E-state index in [9.17, 15) is 0 Å². The zero-order valence-electron chi connectivity index (χ0n) is 12.6. The minimum Gasteiger partial charge on any atom is -0.319 e. The fourth-order valence-corrected chi connectivity index (χ4v) is 3.68. The van der Waals surface area contributed by atoms with Gasteiger partial charge in [-0.15, -0.1) is 0 Å². The van der Waals surface area contributed by atoms with E-state index in [-0.39, 0.29) is 0 Å². The van der Waals surface area contributed by atoms with Crippen molar-refractivity contribution in [3.05, 3.63) is 35.9 Å². The smallest absolute Gasteiger partial charge is 0.00209 e. The Bertz CT molecular complexity index is 346. The van der Waals surface area contributed by atoms with Gasteiger partial charge in [-0.2, -0.15) is 0 Å². The lowest BCUT2D eigenvalue weighted by Gasteiger charge is -2.36. The van der Waals surface area contributed by atoms with Crippen molar-refractivity contribution in [1.29, 1.82) is 0 Å². The van der Waals surface area contributed by atoms with E-state index in [0.717, 1.165) is 17.8 Å². The van der Waals surface area contributed by atoms with Crippen LogP contribution in [0.4, 0.5) is 0 Å². The Morgan fingerprint density at radius 1 is 1.11 bits per heavy atom. The molecule has 0 saturated heterocycles. The van der Waals surface area contributed by atoms with Gasteiger partial charge in [0.15, 0.2) is 0 Å². The summed E-state index contributed by atoms with van der Waals surface area (Å²) in [5, 5.41) is 3.40. The van der Waals surface area contributed by atoms with Crippen LogP contribution in [0.25, 0.3) is 0 Å². The lowest BCUT2D eigenvalue weighted by Crippen LogP contribution is -2.32. The molecule has 0 radical (unpaired) electrons. The van der Waals surface area contributed by atoms with Crippen LogP contribution in [-0.4, -0.2) is 13.6 Å². The molecule has 0 aromatic heterocycles. The summed E-state index contributed by atoms with van der Waals surface area (Å²) in [5.74, 6) is 2.80. The first-order valence-corrected chi connectivity index (χ1v) is 8.02. The SMILES string of the molecule is CCC1CCC(CNC)C(CCc2ccccc2)C1. The normalized spacial score (nSPS) is 27.4. The molecule has 1 fully saturated rings. The molecule has 0 heterocycles. The van der Waals surface area contributed by atoms with Crippen molar-refractivity contribution in [2.24, 2.45) is 17.8 Å². The van der Waals surface area contributed by atoms with Gasteiger partial charge in [0.05, 0.1) is 0 Å². The van der Waals surface area contributed by atoms with Gasteiger partial charge in [0, 0.05) is 0 Å². The number of hydrogen-bond acceptors (Lipinski definition) is 1. The minimum absolute atomic E-state index is 0.900. The van der Waals surface area contributed by atoms with Gasteiger partial charge in [-0.1, -0.05) is 50.1 Å². The van der Waals surface area contributed by atoms with Gasteiger partial charge in [0.1, 0.15) is 0 Å². The summed E-state index contributed by atoms with van der Waals surface area (Å²) in [5.41, 5.74) is 1.50. The second-order valence-corrected chi connectivity index (χ2v) is 6.19. The fourth-order valence-electron chi connectivity index (χ4n) is 3.68. The highest BCUT2D eigenvalue weighted by atomic mass is 14.8. The average Bonchev–Trinajstić information content (AvgIpc) is 2.47. The summed E-state index contributed by atoms with van der Waals surface area (Å²) < 4.78 is 0. The van der Waals surface area contributed by atoms with Gasteiger partial charge in [-0.25, -0.2) is 0 Å². The molecule has 1 aromatic carbocycles.